The molecule has 0 saturated heterocycles. The molecule has 96 valence electrons. The van der Waals surface area contributed by atoms with Crippen molar-refractivity contribution in [1.29, 1.82) is 0 Å². The maximum absolute atomic E-state index is 5.49. The second-order valence-electron chi connectivity index (χ2n) is 3.73. The molecule has 0 unspecified atom stereocenters. The summed E-state index contributed by atoms with van der Waals surface area (Å²) in [7, 11) is 0. The molecular formula is C14H23NO2. The number of hydrogen-bond donors (Lipinski definition) is 1. The lowest BCUT2D eigenvalue weighted by Gasteiger charge is -2.19. The van der Waals surface area contributed by atoms with Crippen molar-refractivity contribution < 1.29 is 9.47 Å². The minimum atomic E-state index is -0.171. The summed E-state index contributed by atoms with van der Waals surface area (Å²) in [5.41, 5.74) is 2.48. The van der Waals surface area contributed by atoms with Gasteiger partial charge in [0.2, 0.25) is 0 Å². The predicted octanol–water partition coefficient (Wildman–Crippen LogP) is 3.06. The number of aryl methyl sites for hydroxylation is 1. The monoisotopic (exact) mass is 237 g/mol. The maximum atomic E-state index is 5.49. The van der Waals surface area contributed by atoms with E-state index < -0.39 is 0 Å². The van der Waals surface area contributed by atoms with Crippen molar-refractivity contribution in [3.05, 3.63) is 29.8 Å². The minimum Gasteiger partial charge on any atom is -0.380 e. The van der Waals surface area contributed by atoms with E-state index in [9.17, 15) is 0 Å². The molecule has 1 N–H and O–H groups in total. The molecule has 0 aliphatic rings. The van der Waals surface area contributed by atoms with Gasteiger partial charge in [-0.2, -0.15) is 0 Å². The Morgan fingerprint density at radius 1 is 1.06 bits per heavy atom. The molecule has 0 spiro atoms. The van der Waals surface area contributed by atoms with Gasteiger partial charge in [-0.25, -0.2) is 0 Å². The molecule has 0 aliphatic heterocycles. The maximum Gasteiger partial charge on any atom is 0.174 e. The van der Waals surface area contributed by atoms with Gasteiger partial charge in [-0.1, -0.05) is 25.1 Å². The summed E-state index contributed by atoms with van der Waals surface area (Å²) in [6.07, 6.45) is 0.854. The van der Waals surface area contributed by atoms with Crippen LogP contribution in [-0.2, 0) is 15.9 Å². The van der Waals surface area contributed by atoms with Crippen molar-refractivity contribution in [2.24, 2.45) is 0 Å². The SMILES string of the molecule is CCOC(CNc1ccccc1CC)OCC. The van der Waals surface area contributed by atoms with Gasteiger partial charge < -0.3 is 14.8 Å². The summed E-state index contributed by atoms with van der Waals surface area (Å²) in [5, 5.41) is 3.38. The molecule has 1 rings (SSSR count). The highest BCUT2D eigenvalue weighted by atomic mass is 16.7. The van der Waals surface area contributed by atoms with Gasteiger partial charge >= 0.3 is 0 Å². The zero-order valence-corrected chi connectivity index (χ0v) is 11.0. The predicted molar refractivity (Wildman–Crippen MR) is 71.3 cm³/mol. The summed E-state index contributed by atoms with van der Waals surface area (Å²) >= 11 is 0. The molecule has 0 fully saturated rings. The summed E-state index contributed by atoms with van der Waals surface area (Å²) in [5.74, 6) is 0. The number of benzene rings is 1. The molecule has 1 aromatic carbocycles. The molecule has 3 heteroatoms. The van der Waals surface area contributed by atoms with Crippen molar-refractivity contribution in [3.63, 3.8) is 0 Å². The lowest BCUT2D eigenvalue weighted by atomic mass is 10.1. The number of hydrogen-bond acceptors (Lipinski definition) is 3. The van der Waals surface area contributed by atoms with E-state index in [0.717, 1.165) is 6.42 Å². The van der Waals surface area contributed by atoms with Crippen LogP contribution in [0.3, 0.4) is 0 Å². The Hall–Kier alpha value is -1.06. The Balaban J connectivity index is 2.52. The van der Waals surface area contributed by atoms with E-state index in [0.29, 0.717) is 19.8 Å². The summed E-state index contributed by atoms with van der Waals surface area (Å²) in [4.78, 5) is 0. The van der Waals surface area contributed by atoms with E-state index in [1.807, 2.05) is 19.9 Å². The van der Waals surface area contributed by atoms with E-state index >= 15 is 0 Å². The average Bonchev–Trinajstić information content (AvgIpc) is 2.37. The second kappa shape index (κ2) is 8.09. The fourth-order valence-corrected chi connectivity index (χ4v) is 1.73. The van der Waals surface area contributed by atoms with Gasteiger partial charge in [0.15, 0.2) is 6.29 Å². The number of rotatable bonds is 8. The average molecular weight is 237 g/mol. The molecule has 1 aromatic rings. The van der Waals surface area contributed by atoms with Gasteiger partial charge in [0.25, 0.3) is 0 Å². The zero-order valence-electron chi connectivity index (χ0n) is 11.0. The van der Waals surface area contributed by atoms with Crippen molar-refractivity contribution in [2.45, 2.75) is 33.5 Å². The van der Waals surface area contributed by atoms with E-state index in [1.54, 1.807) is 0 Å². The van der Waals surface area contributed by atoms with Crippen LogP contribution in [0.4, 0.5) is 5.69 Å². The fraction of sp³-hybridized carbons (Fsp3) is 0.571. The topological polar surface area (TPSA) is 30.5 Å². The molecule has 0 bridgehead atoms. The van der Waals surface area contributed by atoms with Crippen molar-refractivity contribution in [3.8, 4) is 0 Å². The van der Waals surface area contributed by atoms with Crippen LogP contribution < -0.4 is 5.32 Å². The number of anilines is 1. The Bertz CT molecular complexity index is 309. The lowest BCUT2D eigenvalue weighted by molar-refractivity contribution is -0.126. The Labute approximate surface area is 104 Å². The molecule has 0 amide bonds. The largest absolute Gasteiger partial charge is 0.380 e. The summed E-state index contributed by atoms with van der Waals surface area (Å²) in [6.45, 7) is 8.13. The third-order valence-corrected chi connectivity index (χ3v) is 2.56. The molecule has 0 saturated carbocycles. The zero-order chi connectivity index (χ0) is 12.5. The highest BCUT2D eigenvalue weighted by Crippen LogP contribution is 2.15. The number of ether oxygens (including phenoxy) is 2. The van der Waals surface area contributed by atoms with Crippen LogP contribution in [-0.4, -0.2) is 26.0 Å². The normalized spacial score (nSPS) is 10.8. The molecular weight excluding hydrogens is 214 g/mol. The Morgan fingerprint density at radius 2 is 1.71 bits per heavy atom. The second-order valence-corrected chi connectivity index (χ2v) is 3.73. The molecule has 0 heterocycles. The first-order valence-corrected chi connectivity index (χ1v) is 6.36. The first-order chi connectivity index (χ1) is 8.31. The van der Waals surface area contributed by atoms with Gasteiger partial charge in [-0.15, -0.1) is 0 Å². The lowest BCUT2D eigenvalue weighted by Crippen LogP contribution is -2.26. The van der Waals surface area contributed by atoms with Crippen molar-refractivity contribution in [1.82, 2.24) is 0 Å². The highest BCUT2D eigenvalue weighted by molar-refractivity contribution is 5.51. The summed E-state index contributed by atoms with van der Waals surface area (Å²) < 4.78 is 11.0. The molecule has 0 aromatic heterocycles. The van der Waals surface area contributed by atoms with Crippen LogP contribution in [0, 0.1) is 0 Å². The van der Waals surface area contributed by atoms with E-state index in [1.165, 1.54) is 11.3 Å². The van der Waals surface area contributed by atoms with Gasteiger partial charge in [-0.3, -0.25) is 0 Å². The van der Waals surface area contributed by atoms with E-state index in [2.05, 4.69) is 30.4 Å². The smallest absolute Gasteiger partial charge is 0.174 e. The molecule has 17 heavy (non-hydrogen) atoms. The molecule has 0 atom stereocenters. The minimum absolute atomic E-state index is 0.171. The van der Waals surface area contributed by atoms with Gasteiger partial charge in [0, 0.05) is 18.9 Å². The van der Waals surface area contributed by atoms with Gasteiger partial charge in [0.05, 0.1) is 6.54 Å². The third-order valence-electron chi connectivity index (χ3n) is 2.56. The van der Waals surface area contributed by atoms with Gasteiger partial charge in [0.1, 0.15) is 0 Å². The van der Waals surface area contributed by atoms with E-state index in [-0.39, 0.29) is 6.29 Å². The van der Waals surface area contributed by atoms with Gasteiger partial charge in [-0.05, 0) is 31.9 Å². The molecule has 0 radical (unpaired) electrons. The molecule has 0 aliphatic carbocycles. The van der Waals surface area contributed by atoms with Crippen LogP contribution in [0.15, 0.2) is 24.3 Å². The molecule has 3 nitrogen and oxygen atoms in total. The third kappa shape index (κ3) is 4.75. The first kappa shape index (κ1) is 14.0. The number of para-hydroxylation sites is 1. The highest BCUT2D eigenvalue weighted by Gasteiger charge is 2.08. The van der Waals surface area contributed by atoms with Crippen molar-refractivity contribution in [2.75, 3.05) is 25.1 Å². The fourth-order valence-electron chi connectivity index (χ4n) is 1.73. The standard InChI is InChI=1S/C14H23NO2/c1-4-12-9-7-8-10-13(12)15-11-14(16-5-2)17-6-3/h7-10,14-15H,4-6,11H2,1-3H3. The first-order valence-electron chi connectivity index (χ1n) is 6.36. The van der Waals surface area contributed by atoms with Crippen molar-refractivity contribution >= 4 is 5.69 Å². The van der Waals surface area contributed by atoms with Crippen LogP contribution in [0.1, 0.15) is 26.3 Å². The summed E-state index contributed by atoms with van der Waals surface area (Å²) in [6, 6.07) is 8.33. The van der Waals surface area contributed by atoms with E-state index in [4.69, 9.17) is 9.47 Å². The van der Waals surface area contributed by atoms with Crippen LogP contribution >= 0.6 is 0 Å². The van der Waals surface area contributed by atoms with Crippen LogP contribution in [0.2, 0.25) is 0 Å². The van der Waals surface area contributed by atoms with Crippen LogP contribution in [0.25, 0.3) is 0 Å². The Kier molecular flexibility index (Phi) is 6.67. The van der Waals surface area contributed by atoms with Crippen LogP contribution in [0.5, 0.6) is 0 Å². The quantitative estimate of drug-likeness (QED) is 0.705. The Morgan fingerprint density at radius 3 is 2.29 bits per heavy atom. The number of nitrogens with one attached hydrogen (secondary N) is 1.